The molecular formula is C11H8F4N2O2. The maximum Gasteiger partial charge on any atom is 0.405 e. The van der Waals surface area contributed by atoms with Crippen LogP contribution in [0.4, 0.5) is 23.2 Å². The van der Waals surface area contributed by atoms with Crippen LogP contribution in [0.25, 0.3) is 0 Å². The number of aliphatic carboxylic acids is 1. The van der Waals surface area contributed by atoms with Crippen LogP contribution in [0.5, 0.6) is 0 Å². The SMILES string of the molecule is N#Cc1c(F)cccc1N(CC(=O)O)CC(F)(F)F. The van der Waals surface area contributed by atoms with Gasteiger partial charge in [0.05, 0.1) is 5.69 Å². The van der Waals surface area contributed by atoms with Crippen molar-refractivity contribution in [2.24, 2.45) is 0 Å². The molecule has 0 spiro atoms. The van der Waals surface area contributed by atoms with Gasteiger partial charge in [-0.15, -0.1) is 0 Å². The molecule has 0 radical (unpaired) electrons. The van der Waals surface area contributed by atoms with E-state index < -0.39 is 42.3 Å². The number of hydrogen-bond acceptors (Lipinski definition) is 3. The molecule has 0 bridgehead atoms. The van der Waals surface area contributed by atoms with Gasteiger partial charge in [-0.05, 0) is 12.1 Å². The zero-order valence-electron chi connectivity index (χ0n) is 9.41. The van der Waals surface area contributed by atoms with Crippen molar-refractivity contribution in [3.05, 3.63) is 29.6 Å². The summed E-state index contributed by atoms with van der Waals surface area (Å²) in [6.07, 6.45) is -4.67. The van der Waals surface area contributed by atoms with Gasteiger partial charge in [-0.25, -0.2) is 4.39 Å². The number of carboxylic acids is 1. The maximum atomic E-state index is 13.3. The average Bonchev–Trinajstić information content (AvgIpc) is 2.25. The molecule has 0 fully saturated rings. The van der Waals surface area contributed by atoms with Gasteiger partial charge in [0.2, 0.25) is 0 Å². The van der Waals surface area contributed by atoms with Crippen molar-refractivity contribution >= 4 is 11.7 Å². The van der Waals surface area contributed by atoms with Gasteiger partial charge >= 0.3 is 12.1 Å². The minimum absolute atomic E-state index is 0.393. The molecule has 1 N–H and O–H groups in total. The topological polar surface area (TPSA) is 64.3 Å². The van der Waals surface area contributed by atoms with Crippen molar-refractivity contribution in [2.45, 2.75) is 6.18 Å². The second-order valence-corrected chi connectivity index (χ2v) is 3.61. The Morgan fingerprint density at radius 1 is 1.42 bits per heavy atom. The normalized spacial score (nSPS) is 10.9. The molecule has 0 saturated carbocycles. The van der Waals surface area contributed by atoms with E-state index in [1.807, 2.05) is 0 Å². The number of carbonyl (C=O) groups is 1. The molecule has 0 aliphatic heterocycles. The van der Waals surface area contributed by atoms with E-state index in [0.717, 1.165) is 18.2 Å². The lowest BCUT2D eigenvalue weighted by molar-refractivity contribution is -0.136. The number of rotatable bonds is 4. The minimum atomic E-state index is -4.67. The van der Waals surface area contributed by atoms with Crippen LogP contribution in [0.2, 0.25) is 0 Å². The predicted octanol–water partition coefficient (Wildman–Crippen LogP) is 2.15. The Labute approximate surface area is 105 Å². The molecule has 0 amide bonds. The van der Waals surface area contributed by atoms with Crippen LogP contribution in [0.15, 0.2) is 18.2 Å². The Balaban J connectivity index is 3.21. The lowest BCUT2D eigenvalue weighted by Crippen LogP contribution is -2.38. The van der Waals surface area contributed by atoms with Crippen molar-refractivity contribution < 1.29 is 27.5 Å². The first-order valence-electron chi connectivity index (χ1n) is 4.96. The summed E-state index contributed by atoms with van der Waals surface area (Å²) in [7, 11) is 0. The lowest BCUT2D eigenvalue weighted by Gasteiger charge is -2.25. The molecule has 0 aliphatic carbocycles. The van der Waals surface area contributed by atoms with Crippen LogP contribution < -0.4 is 4.90 Å². The van der Waals surface area contributed by atoms with E-state index in [1.165, 1.54) is 6.07 Å². The fourth-order valence-corrected chi connectivity index (χ4v) is 1.49. The summed E-state index contributed by atoms with van der Waals surface area (Å²) in [6, 6.07) is 4.51. The second-order valence-electron chi connectivity index (χ2n) is 3.61. The van der Waals surface area contributed by atoms with Crippen LogP contribution in [-0.2, 0) is 4.79 Å². The molecule has 1 rings (SSSR count). The number of anilines is 1. The van der Waals surface area contributed by atoms with E-state index in [0.29, 0.717) is 4.90 Å². The van der Waals surface area contributed by atoms with Crippen LogP contribution in [0.1, 0.15) is 5.56 Å². The summed E-state index contributed by atoms with van der Waals surface area (Å²) in [5, 5.41) is 17.3. The molecule has 102 valence electrons. The van der Waals surface area contributed by atoms with Crippen molar-refractivity contribution in [2.75, 3.05) is 18.0 Å². The summed E-state index contributed by atoms with van der Waals surface area (Å²) in [5.41, 5.74) is -1.02. The van der Waals surface area contributed by atoms with E-state index in [1.54, 1.807) is 0 Å². The molecule has 0 aromatic heterocycles. The number of benzene rings is 1. The number of nitrogens with zero attached hydrogens (tertiary/aromatic N) is 2. The largest absolute Gasteiger partial charge is 0.480 e. The highest BCUT2D eigenvalue weighted by Gasteiger charge is 2.33. The molecule has 0 heterocycles. The Bertz CT molecular complexity index is 522. The predicted molar refractivity (Wildman–Crippen MR) is 57.0 cm³/mol. The third-order valence-corrected chi connectivity index (χ3v) is 2.14. The first-order chi connectivity index (χ1) is 8.74. The van der Waals surface area contributed by atoms with Gasteiger partial charge in [0.1, 0.15) is 30.5 Å². The average molecular weight is 276 g/mol. The maximum absolute atomic E-state index is 13.3. The summed E-state index contributed by atoms with van der Waals surface area (Å²) in [4.78, 5) is 11.0. The zero-order chi connectivity index (χ0) is 14.6. The molecule has 0 atom stereocenters. The van der Waals surface area contributed by atoms with Gasteiger partial charge < -0.3 is 10.0 Å². The molecule has 4 nitrogen and oxygen atoms in total. The molecule has 1 aromatic carbocycles. The summed E-state index contributed by atoms with van der Waals surface area (Å²) in [5.74, 6) is -2.52. The van der Waals surface area contributed by atoms with Crippen molar-refractivity contribution in [3.8, 4) is 6.07 Å². The minimum Gasteiger partial charge on any atom is -0.480 e. The molecule has 8 heteroatoms. The van der Waals surface area contributed by atoms with E-state index in [2.05, 4.69) is 0 Å². The lowest BCUT2D eigenvalue weighted by atomic mass is 10.1. The molecule has 0 aliphatic rings. The van der Waals surface area contributed by atoms with Crippen molar-refractivity contribution in [1.29, 1.82) is 5.26 Å². The number of nitriles is 1. The molecule has 0 unspecified atom stereocenters. The van der Waals surface area contributed by atoms with Crippen LogP contribution >= 0.6 is 0 Å². The van der Waals surface area contributed by atoms with Gasteiger partial charge in [0.25, 0.3) is 0 Å². The zero-order valence-corrected chi connectivity index (χ0v) is 9.41. The van der Waals surface area contributed by atoms with Gasteiger partial charge in [0, 0.05) is 0 Å². The third kappa shape index (κ3) is 4.13. The summed E-state index contributed by atoms with van der Waals surface area (Å²) < 4.78 is 50.4. The molecular weight excluding hydrogens is 268 g/mol. The van der Waals surface area contributed by atoms with E-state index in [9.17, 15) is 22.4 Å². The molecule has 19 heavy (non-hydrogen) atoms. The fraction of sp³-hybridized carbons (Fsp3) is 0.273. The van der Waals surface area contributed by atoms with Gasteiger partial charge in [-0.2, -0.15) is 18.4 Å². The summed E-state index contributed by atoms with van der Waals surface area (Å²) >= 11 is 0. The highest BCUT2D eigenvalue weighted by atomic mass is 19.4. The highest BCUT2D eigenvalue weighted by Crippen LogP contribution is 2.26. The Morgan fingerprint density at radius 3 is 2.53 bits per heavy atom. The monoisotopic (exact) mass is 276 g/mol. The highest BCUT2D eigenvalue weighted by molar-refractivity contribution is 5.75. The van der Waals surface area contributed by atoms with E-state index in [-0.39, 0.29) is 0 Å². The molecule has 0 saturated heterocycles. The first kappa shape index (κ1) is 14.8. The van der Waals surface area contributed by atoms with Crippen LogP contribution in [-0.4, -0.2) is 30.3 Å². The van der Waals surface area contributed by atoms with Crippen molar-refractivity contribution in [1.82, 2.24) is 0 Å². The number of alkyl halides is 3. The second kappa shape index (κ2) is 5.56. The smallest absolute Gasteiger partial charge is 0.405 e. The Kier molecular flexibility index (Phi) is 4.32. The number of carboxylic acid groups (broad SMARTS) is 1. The van der Waals surface area contributed by atoms with E-state index in [4.69, 9.17) is 10.4 Å². The van der Waals surface area contributed by atoms with Gasteiger partial charge in [-0.3, -0.25) is 4.79 Å². The van der Waals surface area contributed by atoms with Gasteiger partial charge in [-0.1, -0.05) is 6.07 Å². The summed E-state index contributed by atoms with van der Waals surface area (Å²) in [6.45, 7) is -2.57. The van der Waals surface area contributed by atoms with Crippen molar-refractivity contribution in [3.63, 3.8) is 0 Å². The quantitative estimate of drug-likeness (QED) is 0.856. The van der Waals surface area contributed by atoms with E-state index >= 15 is 0 Å². The van der Waals surface area contributed by atoms with Crippen LogP contribution in [0, 0.1) is 17.1 Å². The third-order valence-electron chi connectivity index (χ3n) is 2.14. The number of hydrogen-bond donors (Lipinski definition) is 1. The Morgan fingerprint density at radius 2 is 2.05 bits per heavy atom. The molecule has 1 aromatic rings. The fourth-order valence-electron chi connectivity index (χ4n) is 1.49. The standard InChI is InChI=1S/C11H8F4N2O2/c12-8-2-1-3-9(7(8)4-16)17(5-10(18)19)6-11(13,14)15/h1-3H,5-6H2,(H,18,19). The van der Waals surface area contributed by atoms with Crippen LogP contribution in [0.3, 0.4) is 0 Å². The first-order valence-corrected chi connectivity index (χ1v) is 4.96. The Hall–Kier alpha value is -2.30. The van der Waals surface area contributed by atoms with Gasteiger partial charge in [0.15, 0.2) is 0 Å². The number of halogens is 4.